The number of nitrogens with one attached hydrogen (secondary N) is 1. The van der Waals surface area contributed by atoms with Crippen LogP contribution in [-0.2, 0) is 9.59 Å². The number of thioether (sulfide) groups is 1. The second-order valence-electron chi connectivity index (χ2n) is 3.48. The zero-order valence-corrected chi connectivity index (χ0v) is 10.1. The lowest BCUT2D eigenvalue weighted by atomic mass is 9.89. The van der Waals surface area contributed by atoms with Gasteiger partial charge in [0, 0.05) is 5.57 Å². The van der Waals surface area contributed by atoms with Crippen LogP contribution in [0.1, 0.15) is 19.3 Å². The fraction of sp³-hybridized carbons (Fsp3) is 0.556. The van der Waals surface area contributed by atoms with E-state index >= 15 is 0 Å². The highest BCUT2D eigenvalue weighted by molar-refractivity contribution is 8.05. The molecule has 2 rings (SSSR count). The van der Waals surface area contributed by atoms with Crippen molar-refractivity contribution in [3.8, 4) is 0 Å². The quantitative estimate of drug-likeness (QED) is 0.615. The Hall–Kier alpha value is -0.190. The van der Waals surface area contributed by atoms with Gasteiger partial charge >= 0.3 is 0 Å². The van der Waals surface area contributed by atoms with Crippen molar-refractivity contribution in [1.29, 1.82) is 0 Å². The van der Waals surface area contributed by atoms with Gasteiger partial charge < -0.3 is 0 Å². The molecule has 3 nitrogen and oxygen atoms in total. The second kappa shape index (κ2) is 4.36. The smallest absolute Gasteiger partial charge is 0.255 e. The van der Waals surface area contributed by atoms with Gasteiger partial charge in [-0.25, -0.2) is 0 Å². The molecule has 2 aliphatic rings. The van der Waals surface area contributed by atoms with Crippen LogP contribution in [0.15, 0.2) is 10.5 Å². The van der Waals surface area contributed by atoms with Crippen molar-refractivity contribution >= 4 is 46.8 Å². The summed E-state index contributed by atoms with van der Waals surface area (Å²) in [6.07, 6.45) is 2.43. The average Bonchev–Trinajstić information content (AvgIpc) is 2.43. The fourth-order valence-electron chi connectivity index (χ4n) is 1.98. The molecule has 0 spiro atoms. The van der Waals surface area contributed by atoms with Crippen LogP contribution in [0, 0.1) is 5.92 Å². The topological polar surface area (TPSA) is 46.2 Å². The molecule has 2 amide bonds. The molecule has 0 radical (unpaired) electrons. The molecule has 0 aromatic rings. The van der Waals surface area contributed by atoms with E-state index in [9.17, 15) is 9.59 Å². The number of allylic oxidation sites excluding steroid dienone is 1. The Morgan fingerprint density at radius 3 is 2.80 bits per heavy atom. The number of carbonyl (C=O) groups is 2. The SMILES string of the molecule is O=C1NC(=O)C2CCCC(SC(Cl)Cl)=C12. The highest BCUT2D eigenvalue weighted by atomic mass is 35.5. The minimum absolute atomic E-state index is 0.187. The van der Waals surface area contributed by atoms with Crippen LogP contribution in [0.5, 0.6) is 0 Å². The van der Waals surface area contributed by atoms with E-state index in [1.165, 1.54) is 11.8 Å². The monoisotopic (exact) mass is 265 g/mol. The molecule has 1 unspecified atom stereocenters. The van der Waals surface area contributed by atoms with Gasteiger partial charge in [0.25, 0.3) is 5.91 Å². The van der Waals surface area contributed by atoms with Crippen molar-refractivity contribution in [2.24, 2.45) is 5.92 Å². The fourth-order valence-corrected chi connectivity index (χ4v) is 3.47. The van der Waals surface area contributed by atoms with E-state index in [1.807, 2.05) is 0 Å². The standard InChI is InChI=1S/C9H9Cl2NO2S/c10-9(11)15-5-3-1-2-4-6(5)8(14)12-7(4)13/h4,9H,1-3H2,(H,12,13,14). The predicted octanol–water partition coefficient (Wildman–Crippen LogP) is 2.19. The van der Waals surface area contributed by atoms with Gasteiger partial charge in [-0.05, 0) is 24.2 Å². The van der Waals surface area contributed by atoms with Gasteiger partial charge in [0.05, 0.1) is 5.92 Å². The summed E-state index contributed by atoms with van der Waals surface area (Å²) in [5.74, 6) is -0.740. The minimum atomic E-state index is -0.588. The number of alkyl halides is 2. The van der Waals surface area contributed by atoms with E-state index in [0.29, 0.717) is 5.57 Å². The Bertz CT molecular complexity index is 354. The first-order chi connectivity index (χ1) is 7.09. The molecule has 1 N–H and O–H groups in total. The summed E-state index contributed by atoms with van der Waals surface area (Å²) in [5, 5.41) is 2.33. The Kier molecular flexibility index (Phi) is 3.28. The molecule has 6 heteroatoms. The molecule has 82 valence electrons. The number of carbonyl (C=O) groups excluding carboxylic acids is 2. The summed E-state index contributed by atoms with van der Waals surface area (Å²) in [5.41, 5.74) is 0.586. The third kappa shape index (κ3) is 2.17. The normalized spacial score (nSPS) is 25.9. The maximum atomic E-state index is 11.5. The number of fused-ring (bicyclic) bond motifs is 1. The van der Waals surface area contributed by atoms with E-state index in [1.54, 1.807) is 0 Å². The van der Waals surface area contributed by atoms with Crippen LogP contribution in [0.25, 0.3) is 0 Å². The van der Waals surface area contributed by atoms with Crippen LogP contribution in [-0.4, -0.2) is 16.0 Å². The number of hydrogen-bond acceptors (Lipinski definition) is 3. The number of hydrogen-bond donors (Lipinski definition) is 1. The van der Waals surface area contributed by atoms with Crippen LogP contribution in [0.2, 0.25) is 0 Å². The first-order valence-corrected chi connectivity index (χ1v) is 6.38. The molecule has 1 aliphatic carbocycles. The summed E-state index contributed by atoms with van der Waals surface area (Å²) in [4.78, 5) is 23.8. The Labute approximate surface area is 102 Å². The van der Waals surface area contributed by atoms with E-state index in [-0.39, 0.29) is 17.7 Å². The Morgan fingerprint density at radius 2 is 2.13 bits per heavy atom. The van der Waals surface area contributed by atoms with Crippen molar-refractivity contribution in [2.75, 3.05) is 0 Å². The molecule has 1 fully saturated rings. The van der Waals surface area contributed by atoms with Gasteiger partial charge in [-0.3, -0.25) is 14.9 Å². The molecule has 1 aliphatic heterocycles. The second-order valence-corrected chi connectivity index (χ2v) is 6.29. The third-order valence-electron chi connectivity index (χ3n) is 2.57. The van der Waals surface area contributed by atoms with Crippen molar-refractivity contribution in [1.82, 2.24) is 5.32 Å². The summed E-state index contributed by atoms with van der Waals surface area (Å²) in [7, 11) is 0. The van der Waals surface area contributed by atoms with Crippen molar-refractivity contribution in [3.63, 3.8) is 0 Å². The number of rotatable bonds is 2. The molecule has 1 saturated heterocycles. The van der Waals surface area contributed by atoms with Crippen LogP contribution >= 0.6 is 35.0 Å². The van der Waals surface area contributed by atoms with E-state index in [0.717, 1.165) is 24.2 Å². The highest BCUT2D eigenvalue weighted by Gasteiger charge is 2.40. The molecule has 1 atom stereocenters. The van der Waals surface area contributed by atoms with Crippen LogP contribution in [0.4, 0.5) is 0 Å². The van der Waals surface area contributed by atoms with E-state index < -0.39 is 4.17 Å². The Morgan fingerprint density at radius 1 is 1.40 bits per heavy atom. The third-order valence-corrected chi connectivity index (χ3v) is 4.00. The largest absolute Gasteiger partial charge is 0.292 e. The minimum Gasteiger partial charge on any atom is -0.292 e. The van der Waals surface area contributed by atoms with Crippen molar-refractivity contribution in [3.05, 3.63) is 10.5 Å². The number of halogens is 2. The zero-order chi connectivity index (χ0) is 11.0. The molecule has 0 aromatic heterocycles. The lowest BCUT2D eigenvalue weighted by molar-refractivity contribution is -0.125. The average molecular weight is 266 g/mol. The molecular weight excluding hydrogens is 257 g/mol. The molecular formula is C9H9Cl2NO2S. The van der Waals surface area contributed by atoms with Gasteiger partial charge in [0.2, 0.25) is 5.91 Å². The molecule has 0 bridgehead atoms. The maximum Gasteiger partial charge on any atom is 0.255 e. The lowest BCUT2D eigenvalue weighted by Crippen LogP contribution is -2.21. The summed E-state index contributed by atoms with van der Waals surface area (Å²) >= 11 is 12.6. The molecule has 0 saturated carbocycles. The summed E-state index contributed by atoms with van der Waals surface area (Å²) in [6, 6.07) is 0. The van der Waals surface area contributed by atoms with Crippen molar-refractivity contribution in [2.45, 2.75) is 23.4 Å². The van der Waals surface area contributed by atoms with Crippen molar-refractivity contribution < 1.29 is 9.59 Å². The number of imide groups is 1. The summed E-state index contributed by atoms with van der Waals surface area (Å²) < 4.78 is -0.588. The molecule has 15 heavy (non-hydrogen) atoms. The zero-order valence-electron chi connectivity index (χ0n) is 7.76. The van der Waals surface area contributed by atoms with Gasteiger partial charge in [-0.1, -0.05) is 35.0 Å². The van der Waals surface area contributed by atoms with E-state index in [4.69, 9.17) is 23.2 Å². The van der Waals surface area contributed by atoms with E-state index in [2.05, 4.69) is 5.32 Å². The maximum absolute atomic E-state index is 11.5. The first-order valence-electron chi connectivity index (χ1n) is 4.62. The van der Waals surface area contributed by atoms with Gasteiger partial charge in [-0.15, -0.1) is 0 Å². The lowest BCUT2D eigenvalue weighted by Gasteiger charge is -2.19. The number of amides is 2. The first kappa shape index (κ1) is 11.3. The molecule has 0 aromatic carbocycles. The highest BCUT2D eigenvalue weighted by Crippen LogP contribution is 2.42. The van der Waals surface area contributed by atoms with Crippen LogP contribution < -0.4 is 5.32 Å². The Balaban J connectivity index is 2.33. The van der Waals surface area contributed by atoms with Crippen LogP contribution in [0.3, 0.4) is 0 Å². The molecule has 1 heterocycles. The van der Waals surface area contributed by atoms with Gasteiger partial charge in [0.1, 0.15) is 0 Å². The van der Waals surface area contributed by atoms with Gasteiger partial charge in [-0.2, -0.15) is 0 Å². The summed E-state index contributed by atoms with van der Waals surface area (Å²) in [6.45, 7) is 0. The predicted molar refractivity (Wildman–Crippen MR) is 60.6 cm³/mol. The van der Waals surface area contributed by atoms with Gasteiger partial charge in [0.15, 0.2) is 4.17 Å².